The van der Waals surface area contributed by atoms with E-state index in [0.29, 0.717) is 17.9 Å². The van der Waals surface area contributed by atoms with Crippen molar-refractivity contribution in [3.8, 4) is 0 Å². The number of hydrogen-bond donors (Lipinski definition) is 1. The van der Waals surface area contributed by atoms with E-state index < -0.39 is 0 Å². The van der Waals surface area contributed by atoms with Crippen LogP contribution >= 0.6 is 0 Å². The van der Waals surface area contributed by atoms with Gasteiger partial charge in [0.1, 0.15) is 0 Å². The zero-order chi connectivity index (χ0) is 11.7. The van der Waals surface area contributed by atoms with E-state index in [4.69, 9.17) is 4.52 Å². The Labute approximate surface area is 102 Å². The van der Waals surface area contributed by atoms with Gasteiger partial charge in [-0.3, -0.25) is 0 Å². The highest BCUT2D eigenvalue weighted by Crippen LogP contribution is 2.37. The molecule has 17 heavy (non-hydrogen) atoms. The van der Waals surface area contributed by atoms with Gasteiger partial charge in [-0.05, 0) is 45.6 Å². The van der Waals surface area contributed by atoms with E-state index in [1.807, 2.05) is 7.05 Å². The van der Waals surface area contributed by atoms with Crippen molar-refractivity contribution < 1.29 is 4.52 Å². The molecule has 1 N–H and O–H groups in total. The fourth-order valence-electron chi connectivity index (χ4n) is 2.87. The van der Waals surface area contributed by atoms with Crippen LogP contribution in [0.2, 0.25) is 0 Å². The molecule has 2 aliphatic carbocycles. The van der Waals surface area contributed by atoms with Crippen LogP contribution in [0.3, 0.4) is 0 Å². The monoisotopic (exact) mass is 235 g/mol. The van der Waals surface area contributed by atoms with Crippen molar-refractivity contribution in [3.05, 3.63) is 11.7 Å². The highest BCUT2D eigenvalue weighted by molar-refractivity contribution is 5.03. The Hall–Kier alpha value is -0.900. The lowest BCUT2D eigenvalue weighted by molar-refractivity contribution is 0.285. The largest absolute Gasteiger partial charge is 0.339 e. The minimum atomic E-state index is 0.501. The van der Waals surface area contributed by atoms with Crippen LogP contribution in [-0.4, -0.2) is 23.2 Å². The van der Waals surface area contributed by atoms with Crippen LogP contribution < -0.4 is 5.32 Å². The average molecular weight is 235 g/mol. The van der Waals surface area contributed by atoms with Gasteiger partial charge in [0.05, 0.1) is 0 Å². The van der Waals surface area contributed by atoms with Crippen molar-refractivity contribution in [2.24, 2.45) is 0 Å². The summed E-state index contributed by atoms with van der Waals surface area (Å²) in [6.07, 6.45) is 8.61. The molecule has 3 rings (SSSR count). The third-order valence-corrected chi connectivity index (χ3v) is 4.41. The number of nitrogens with one attached hydrogen (secondary N) is 1. The minimum absolute atomic E-state index is 0.501. The molecule has 0 bridgehead atoms. The maximum Gasteiger partial charge on any atom is 0.229 e. The molecule has 2 fully saturated rings. The fourth-order valence-corrected chi connectivity index (χ4v) is 2.87. The summed E-state index contributed by atoms with van der Waals surface area (Å²) in [6, 6.07) is 0.681. The van der Waals surface area contributed by atoms with Crippen LogP contribution in [0.25, 0.3) is 0 Å². The molecule has 2 saturated carbocycles. The van der Waals surface area contributed by atoms with Gasteiger partial charge in [0.15, 0.2) is 5.82 Å². The SMILES string of the molecule is CNC1CCC(c2nc(C3CCC3)no2)CC1. The van der Waals surface area contributed by atoms with E-state index in [1.54, 1.807) is 0 Å². The summed E-state index contributed by atoms with van der Waals surface area (Å²) in [7, 11) is 2.05. The molecule has 0 saturated heterocycles. The van der Waals surface area contributed by atoms with Crippen LogP contribution in [0, 0.1) is 0 Å². The van der Waals surface area contributed by atoms with Crippen molar-refractivity contribution in [3.63, 3.8) is 0 Å². The van der Waals surface area contributed by atoms with Gasteiger partial charge in [0.2, 0.25) is 5.89 Å². The summed E-state index contributed by atoms with van der Waals surface area (Å²) in [5, 5.41) is 7.50. The van der Waals surface area contributed by atoms with Gasteiger partial charge in [0.25, 0.3) is 0 Å². The molecule has 94 valence electrons. The molecule has 0 amide bonds. The molecule has 0 radical (unpaired) electrons. The van der Waals surface area contributed by atoms with E-state index in [1.165, 1.54) is 44.9 Å². The Balaban J connectivity index is 1.62. The Morgan fingerprint density at radius 1 is 1.06 bits per heavy atom. The number of hydrogen-bond acceptors (Lipinski definition) is 4. The molecule has 0 aromatic carbocycles. The van der Waals surface area contributed by atoms with Gasteiger partial charge in [-0.15, -0.1) is 0 Å². The summed E-state index contributed by atoms with van der Waals surface area (Å²) in [4.78, 5) is 4.61. The maximum absolute atomic E-state index is 5.45. The summed E-state index contributed by atoms with van der Waals surface area (Å²) in [5.74, 6) is 2.94. The van der Waals surface area contributed by atoms with Crippen LogP contribution in [0.15, 0.2) is 4.52 Å². The lowest BCUT2D eigenvalue weighted by atomic mass is 9.84. The first kappa shape index (κ1) is 11.2. The summed E-state index contributed by atoms with van der Waals surface area (Å²) in [5.41, 5.74) is 0. The molecule has 1 aromatic heterocycles. The predicted molar refractivity (Wildman–Crippen MR) is 64.9 cm³/mol. The molecule has 4 heteroatoms. The molecule has 1 aromatic rings. The van der Waals surface area contributed by atoms with Crippen LogP contribution in [0.4, 0.5) is 0 Å². The second-order valence-electron chi connectivity index (χ2n) is 5.46. The molecule has 0 atom stereocenters. The van der Waals surface area contributed by atoms with E-state index in [0.717, 1.165) is 11.7 Å². The van der Waals surface area contributed by atoms with Crippen molar-refractivity contribution in [1.29, 1.82) is 0 Å². The highest BCUT2D eigenvalue weighted by Gasteiger charge is 2.29. The van der Waals surface area contributed by atoms with Crippen LogP contribution in [0.1, 0.15) is 68.5 Å². The molecule has 0 aliphatic heterocycles. The van der Waals surface area contributed by atoms with Gasteiger partial charge in [-0.1, -0.05) is 11.6 Å². The maximum atomic E-state index is 5.45. The predicted octanol–water partition coefficient (Wildman–Crippen LogP) is 2.58. The van der Waals surface area contributed by atoms with Gasteiger partial charge >= 0.3 is 0 Å². The first-order valence-electron chi connectivity index (χ1n) is 6.87. The lowest BCUT2D eigenvalue weighted by Gasteiger charge is -2.25. The molecule has 1 heterocycles. The molecular weight excluding hydrogens is 214 g/mol. The number of nitrogens with zero attached hydrogens (tertiary/aromatic N) is 2. The zero-order valence-corrected chi connectivity index (χ0v) is 10.5. The standard InChI is InChI=1S/C13H21N3O/c1-14-11-7-5-10(6-8-11)13-15-12(16-17-13)9-3-2-4-9/h9-11,14H,2-8H2,1H3. The quantitative estimate of drug-likeness (QED) is 0.875. The average Bonchev–Trinajstić information content (AvgIpc) is 2.76. The summed E-state index contributed by atoms with van der Waals surface area (Å²) in [6.45, 7) is 0. The van der Waals surface area contributed by atoms with E-state index in [-0.39, 0.29) is 0 Å². The van der Waals surface area contributed by atoms with E-state index >= 15 is 0 Å². The van der Waals surface area contributed by atoms with E-state index in [9.17, 15) is 0 Å². The van der Waals surface area contributed by atoms with Crippen LogP contribution in [0.5, 0.6) is 0 Å². The molecule has 2 aliphatic rings. The van der Waals surface area contributed by atoms with Gasteiger partial charge in [-0.25, -0.2) is 0 Å². The third-order valence-electron chi connectivity index (χ3n) is 4.41. The van der Waals surface area contributed by atoms with Crippen LogP contribution in [-0.2, 0) is 0 Å². The smallest absolute Gasteiger partial charge is 0.229 e. The zero-order valence-electron chi connectivity index (χ0n) is 10.5. The van der Waals surface area contributed by atoms with Gasteiger partial charge < -0.3 is 9.84 Å². The van der Waals surface area contributed by atoms with Crippen molar-refractivity contribution in [2.75, 3.05) is 7.05 Å². The second-order valence-corrected chi connectivity index (χ2v) is 5.46. The second kappa shape index (κ2) is 4.77. The van der Waals surface area contributed by atoms with Crippen molar-refractivity contribution in [1.82, 2.24) is 15.5 Å². The first-order valence-corrected chi connectivity index (χ1v) is 6.87. The summed E-state index contributed by atoms with van der Waals surface area (Å²) < 4.78 is 5.45. The third kappa shape index (κ3) is 2.23. The van der Waals surface area contributed by atoms with E-state index in [2.05, 4.69) is 15.5 Å². The number of aromatic nitrogens is 2. The molecule has 0 unspecified atom stereocenters. The minimum Gasteiger partial charge on any atom is -0.339 e. The molecule has 4 nitrogen and oxygen atoms in total. The van der Waals surface area contributed by atoms with Crippen molar-refractivity contribution in [2.45, 2.75) is 62.8 Å². The Morgan fingerprint density at radius 2 is 1.82 bits per heavy atom. The van der Waals surface area contributed by atoms with Crippen molar-refractivity contribution >= 4 is 0 Å². The van der Waals surface area contributed by atoms with Gasteiger partial charge in [0, 0.05) is 17.9 Å². The molecule has 0 spiro atoms. The first-order chi connectivity index (χ1) is 8.36. The molecular formula is C13H21N3O. The number of rotatable bonds is 3. The normalized spacial score (nSPS) is 30.2. The topological polar surface area (TPSA) is 51.0 Å². The Kier molecular flexibility index (Phi) is 3.14. The van der Waals surface area contributed by atoms with Gasteiger partial charge in [-0.2, -0.15) is 4.98 Å². The lowest BCUT2D eigenvalue weighted by Crippen LogP contribution is -2.29. The summed E-state index contributed by atoms with van der Waals surface area (Å²) >= 11 is 0. The Bertz CT molecular complexity index is 364. The fraction of sp³-hybridized carbons (Fsp3) is 0.846. The Morgan fingerprint density at radius 3 is 2.41 bits per heavy atom. The highest BCUT2D eigenvalue weighted by atomic mass is 16.5.